The van der Waals surface area contributed by atoms with Gasteiger partial charge in [0, 0.05) is 26.2 Å². The summed E-state index contributed by atoms with van der Waals surface area (Å²) in [5, 5.41) is 10.1. The third-order valence-corrected chi connectivity index (χ3v) is 6.97. The van der Waals surface area contributed by atoms with Crippen molar-refractivity contribution in [3.8, 4) is 17.2 Å². The Labute approximate surface area is 227 Å². The van der Waals surface area contributed by atoms with Crippen molar-refractivity contribution in [3.05, 3.63) is 70.5 Å². The van der Waals surface area contributed by atoms with Gasteiger partial charge in [0.2, 0.25) is 11.7 Å². The first-order valence-electron chi connectivity index (χ1n) is 12.4. The highest BCUT2D eigenvalue weighted by Crippen LogP contribution is 2.38. The molecule has 206 valence electrons. The van der Waals surface area contributed by atoms with Crippen LogP contribution in [0.15, 0.2) is 42.5 Å². The molecule has 0 spiro atoms. The molecule has 2 heterocycles. The Morgan fingerprint density at radius 1 is 0.949 bits per heavy atom. The number of rotatable bonds is 9. The van der Waals surface area contributed by atoms with Gasteiger partial charge < -0.3 is 29.7 Å². The maximum Gasteiger partial charge on any atom is 0.272 e. The molecule has 0 unspecified atom stereocenters. The number of carbonyl (C=O) groups excluding carboxylic acids is 3. The van der Waals surface area contributed by atoms with Crippen LogP contribution in [0.1, 0.15) is 44.6 Å². The second-order valence-electron chi connectivity index (χ2n) is 9.60. The van der Waals surface area contributed by atoms with Gasteiger partial charge in [-0.25, -0.2) is 0 Å². The summed E-state index contributed by atoms with van der Waals surface area (Å²) in [6.07, 6.45) is 0. The minimum Gasteiger partial charge on any atom is -0.493 e. The second-order valence-corrected chi connectivity index (χ2v) is 9.60. The zero-order valence-electron chi connectivity index (χ0n) is 23.0. The third-order valence-electron chi connectivity index (χ3n) is 6.97. The minimum absolute atomic E-state index is 0.0727. The summed E-state index contributed by atoms with van der Waals surface area (Å²) in [6, 6.07) is 12.8. The number of nitrogens with one attached hydrogen (secondary N) is 2. The molecule has 0 saturated carbocycles. The van der Waals surface area contributed by atoms with E-state index in [0.29, 0.717) is 23.8 Å². The van der Waals surface area contributed by atoms with E-state index in [1.807, 2.05) is 31.2 Å². The zero-order valence-corrected chi connectivity index (χ0v) is 23.0. The molecule has 0 saturated heterocycles. The number of hydrogen-bond donors (Lipinski definition) is 2. The molecule has 1 aliphatic rings. The number of fused-ring (bicyclic) bond motifs is 1. The Bertz CT molecular complexity index is 1370. The number of aryl methyl sites for hydroxylation is 1. The maximum atomic E-state index is 13.2. The Hall–Kier alpha value is -4.54. The van der Waals surface area contributed by atoms with Gasteiger partial charge in [0.05, 0.1) is 27.9 Å². The Morgan fingerprint density at radius 2 is 1.56 bits per heavy atom. The molecule has 0 aliphatic carbocycles. The smallest absolute Gasteiger partial charge is 0.272 e. The van der Waals surface area contributed by atoms with Crippen molar-refractivity contribution < 1.29 is 28.6 Å². The molecule has 2 N–H and O–H groups in total. The van der Waals surface area contributed by atoms with E-state index < -0.39 is 17.4 Å². The molecule has 11 nitrogen and oxygen atoms in total. The number of likely N-dealkylation sites (N-methyl/N-ethyl adjacent to an activating group) is 1. The average molecular weight is 536 g/mol. The summed E-state index contributed by atoms with van der Waals surface area (Å²) in [4.78, 5) is 40.8. The van der Waals surface area contributed by atoms with Gasteiger partial charge >= 0.3 is 0 Å². The molecule has 1 aromatic heterocycles. The molecular formula is C28H33N5O6. The molecule has 11 heteroatoms. The van der Waals surface area contributed by atoms with E-state index >= 15 is 0 Å². The van der Waals surface area contributed by atoms with Crippen molar-refractivity contribution in [2.45, 2.75) is 39.0 Å². The molecule has 0 radical (unpaired) electrons. The topological polar surface area (TPSA) is 124 Å². The van der Waals surface area contributed by atoms with E-state index in [1.54, 1.807) is 26.1 Å². The van der Waals surface area contributed by atoms with Crippen LogP contribution in [0.25, 0.3) is 0 Å². The van der Waals surface area contributed by atoms with Gasteiger partial charge in [-0.05, 0) is 37.1 Å². The van der Waals surface area contributed by atoms with E-state index in [-0.39, 0.29) is 30.4 Å². The van der Waals surface area contributed by atoms with Crippen LogP contribution in [0.3, 0.4) is 0 Å². The van der Waals surface area contributed by atoms with Gasteiger partial charge in [0.15, 0.2) is 17.2 Å². The van der Waals surface area contributed by atoms with Crippen LogP contribution in [-0.4, -0.2) is 66.3 Å². The highest BCUT2D eigenvalue weighted by molar-refractivity contribution is 6.01. The first-order chi connectivity index (χ1) is 18.6. The Balaban J connectivity index is 1.47. The van der Waals surface area contributed by atoms with Gasteiger partial charge in [-0.2, -0.15) is 5.10 Å². The highest BCUT2D eigenvalue weighted by atomic mass is 16.5. The molecular weight excluding hydrogens is 502 g/mol. The molecule has 2 aromatic carbocycles. The third kappa shape index (κ3) is 5.38. The fourth-order valence-electron chi connectivity index (χ4n) is 4.43. The molecule has 4 rings (SSSR count). The van der Waals surface area contributed by atoms with E-state index in [0.717, 1.165) is 16.7 Å². The summed E-state index contributed by atoms with van der Waals surface area (Å²) in [7, 11) is 6.12. The van der Waals surface area contributed by atoms with Crippen LogP contribution in [0.4, 0.5) is 0 Å². The molecule has 1 aliphatic heterocycles. The predicted molar refractivity (Wildman–Crippen MR) is 143 cm³/mol. The normalized spacial score (nSPS) is 16.4. The number of carbonyl (C=O) groups is 3. The Kier molecular flexibility index (Phi) is 7.80. The number of methoxy groups -OCH3 is 3. The van der Waals surface area contributed by atoms with Crippen LogP contribution < -0.4 is 24.8 Å². The number of nitrogens with zero attached hydrogens (tertiary/aromatic N) is 3. The first kappa shape index (κ1) is 27.5. The summed E-state index contributed by atoms with van der Waals surface area (Å²) in [6.45, 7) is 4.27. The van der Waals surface area contributed by atoms with Gasteiger partial charge in [0.1, 0.15) is 11.2 Å². The molecule has 3 aromatic rings. The minimum atomic E-state index is -1.19. The lowest BCUT2D eigenvalue weighted by Crippen LogP contribution is -2.62. The number of ether oxygens (including phenoxy) is 3. The largest absolute Gasteiger partial charge is 0.493 e. The summed E-state index contributed by atoms with van der Waals surface area (Å²) < 4.78 is 17.5. The first-order valence-corrected chi connectivity index (χ1v) is 12.4. The monoisotopic (exact) mass is 535 g/mol. The maximum absolute atomic E-state index is 13.2. The van der Waals surface area contributed by atoms with E-state index in [1.165, 1.54) is 37.0 Å². The van der Waals surface area contributed by atoms with Crippen LogP contribution in [-0.2, 0) is 24.4 Å². The number of hydrogen-bond acceptors (Lipinski definition) is 7. The summed E-state index contributed by atoms with van der Waals surface area (Å²) in [5.41, 5.74) is 1.92. The van der Waals surface area contributed by atoms with E-state index in [4.69, 9.17) is 14.2 Å². The van der Waals surface area contributed by atoms with Crippen molar-refractivity contribution in [2.24, 2.45) is 0 Å². The lowest BCUT2D eigenvalue weighted by atomic mass is 9.95. The average Bonchev–Trinajstić information content (AvgIpc) is 3.37. The van der Waals surface area contributed by atoms with Gasteiger partial charge in [0.25, 0.3) is 11.8 Å². The molecule has 0 bridgehead atoms. The summed E-state index contributed by atoms with van der Waals surface area (Å²) in [5.74, 6) is 0.204. The van der Waals surface area contributed by atoms with Crippen LogP contribution in [0.2, 0.25) is 0 Å². The molecule has 39 heavy (non-hydrogen) atoms. The molecule has 0 fully saturated rings. The van der Waals surface area contributed by atoms with Gasteiger partial charge in [-0.3, -0.25) is 19.1 Å². The zero-order chi connectivity index (χ0) is 28.3. The molecule has 3 amide bonds. The Morgan fingerprint density at radius 3 is 2.15 bits per heavy atom. The molecule has 1 atom stereocenters. The SMILES string of the molecule is COc1cc(CNC(=O)c2cc3n(n2)C[C@@](C)(C(=O)NCc2ccc(C)cc2)N(C)C3=O)cc(OC)c1OC. The van der Waals surface area contributed by atoms with Crippen LogP contribution >= 0.6 is 0 Å². The van der Waals surface area contributed by atoms with Crippen LogP contribution in [0, 0.1) is 6.92 Å². The summed E-state index contributed by atoms with van der Waals surface area (Å²) >= 11 is 0. The van der Waals surface area contributed by atoms with E-state index in [9.17, 15) is 14.4 Å². The quantitative estimate of drug-likeness (QED) is 0.431. The standard InChI is InChI=1S/C28H33N5O6/c1-17-7-9-18(10-8-17)14-30-27(36)28(2)16-33-21(26(35)32(28)3)13-20(31-33)25(34)29-15-19-11-22(37-4)24(39-6)23(12-19)38-5/h7-13H,14-16H2,1-6H3,(H,29,34)(H,30,36)/t28-/m0/s1. The number of benzene rings is 2. The lowest BCUT2D eigenvalue weighted by Gasteiger charge is -2.40. The fourth-order valence-corrected chi connectivity index (χ4v) is 4.43. The van der Waals surface area contributed by atoms with Gasteiger partial charge in [-0.15, -0.1) is 0 Å². The number of aromatic nitrogens is 2. The van der Waals surface area contributed by atoms with Crippen molar-refractivity contribution in [1.82, 2.24) is 25.3 Å². The fraction of sp³-hybridized carbons (Fsp3) is 0.357. The number of amides is 3. The van der Waals surface area contributed by atoms with E-state index in [2.05, 4.69) is 15.7 Å². The van der Waals surface area contributed by atoms with Crippen molar-refractivity contribution in [2.75, 3.05) is 28.4 Å². The van der Waals surface area contributed by atoms with Crippen molar-refractivity contribution in [3.63, 3.8) is 0 Å². The van der Waals surface area contributed by atoms with Gasteiger partial charge in [-0.1, -0.05) is 29.8 Å². The van der Waals surface area contributed by atoms with Crippen LogP contribution in [0.5, 0.6) is 17.2 Å². The second kappa shape index (κ2) is 11.1. The van der Waals surface area contributed by atoms with Crippen molar-refractivity contribution >= 4 is 17.7 Å². The predicted octanol–water partition coefficient (Wildman–Crippen LogP) is 2.31. The highest BCUT2D eigenvalue weighted by Gasteiger charge is 2.46. The van der Waals surface area contributed by atoms with Crippen molar-refractivity contribution in [1.29, 1.82) is 0 Å². The lowest BCUT2D eigenvalue weighted by molar-refractivity contribution is -0.132.